The average Bonchev–Trinajstić information content (AvgIpc) is 2.98. The number of hydrogen-bond donors (Lipinski definition) is 2. The minimum atomic E-state index is -0.171. The molecule has 6 heteroatoms. The highest BCUT2D eigenvalue weighted by Crippen LogP contribution is 2.24. The average molecular weight is 359 g/mol. The fourth-order valence-corrected chi connectivity index (χ4v) is 3.37. The summed E-state index contributed by atoms with van der Waals surface area (Å²) < 4.78 is 0. The van der Waals surface area contributed by atoms with Crippen molar-refractivity contribution in [2.24, 2.45) is 11.8 Å². The van der Waals surface area contributed by atoms with Crippen LogP contribution in [0.3, 0.4) is 0 Å². The van der Waals surface area contributed by atoms with Crippen molar-refractivity contribution in [2.75, 3.05) is 19.6 Å². The Bertz CT molecular complexity index is 655. The first-order valence-corrected chi connectivity index (χ1v) is 9.17. The standard InChI is InChI=1S/C20H29N3O3/c1-13(2)17-11-23(12-18(17)22-15(4)24)19(25)9-10-21-20(26)16-7-5-14(3)6-8-16/h5-8,13,17-18H,9-12H2,1-4H3,(H,21,26)(H,22,24)/t17-,18+/m0/s1. The second-order valence-corrected chi connectivity index (χ2v) is 7.39. The van der Waals surface area contributed by atoms with E-state index in [0.29, 0.717) is 31.1 Å². The lowest BCUT2D eigenvalue weighted by Crippen LogP contribution is -2.41. The molecule has 26 heavy (non-hydrogen) atoms. The minimum Gasteiger partial charge on any atom is -0.352 e. The summed E-state index contributed by atoms with van der Waals surface area (Å²) in [6.45, 7) is 9.17. The zero-order valence-electron chi connectivity index (χ0n) is 16.0. The summed E-state index contributed by atoms with van der Waals surface area (Å²) >= 11 is 0. The Hall–Kier alpha value is -2.37. The van der Waals surface area contributed by atoms with Crippen LogP contribution in [0.4, 0.5) is 0 Å². The van der Waals surface area contributed by atoms with Gasteiger partial charge in [-0.25, -0.2) is 0 Å². The van der Waals surface area contributed by atoms with E-state index < -0.39 is 0 Å². The second-order valence-electron chi connectivity index (χ2n) is 7.39. The van der Waals surface area contributed by atoms with E-state index in [4.69, 9.17) is 0 Å². The van der Waals surface area contributed by atoms with E-state index in [-0.39, 0.29) is 36.1 Å². The summed E-state index contributed by atoms with van der Waals surface area (Å²) in [6.07, 6.45) is 0.259. The quantitative estimate of drug-likeness (QED) is 0.812. The molecular formula is C20H29N3O3. The Labute approximate surface area is 155 Å². The first-order valence-electron chi connectivity index (χ1n) is 9.17. The first-order chi connectivity index (χ1) is 12.3. The fourth-order valence-electron chi connectivity index (χ4n) is 3.37. The molecule has 1 aliphatic rings. The molecule has 1 saturated heterocycles. The van der Waals surface area contributed by atoms with Crippen molar-refractivity contribution in [3.8, 4) is 0 Å². The van der Waals surface area contributed by atoms with Crippen molar-refractivity contribution in [2.45, 2.75) is 40.2 Å². The van der Waals surface area contributed by atoms with Gasteiger partial charge in [-0.2, -0.15) is 0 Å². The lowest BCUT2D eigenvalue weighted by molar-refractivity contribution is -0.130. The maximum Gasteiger partial charge on any atom is 0.251 e. The number of likely N-dealkylation sites (tertiary alicyclic amines) is 1. The minimum absolute atomic E-state index is 0.00130. The van der Waals surface area contributed by atoms with Crippen molar-refractivity contribution in [1.29, 1.82) is 0 Å². The van der Waals surface area contributed by atoms with E-state index >= 15 is 0 Å². The summed E-state index contributed by atoms with van der Waals surface area (Å²) in [7, 11) is 0. The van der Waals surface area contributed by atoms with Gasteiger partial charge in [-0.15, -0.1) is 0 Å². The highest BCUT2D eigenvalue weighted by Gasteiger charge is 2.36. The van der Waals surface area contributed by atoms with Gasteiger partial charge >= 0.3 is 0 Å². The van der Waals surface area contributed by atoms with Crippen LogP contribution in [0, 0.1) is 18.8 Å². The summed E-state index contributed by atoms with van der Waals surface area (Å²) in [4.78, 5) is 37.7. The van der Waals surface area contributed by atoms with E-state index in [0.717, 1.165) is 5.56 Å². The van der Waals surface area contributed by atoms with Crippen molar-refractivity contribution in [3.05, 3.63) is 35.4 Å². The van der Waals surface area contributed by atoms with Crippen LogP contribution in [0.2, 0.25) is 0 Å². The number of rotatable bonds is 6. The van der Waals surface area contributed by atoms with Crippen LogP contribution in [0.25, 0.3) is 0 Å². The molecule has 3 amide bonds. The molecule has 0 unspecified atom stereocenters. The van der Waals surface area contributed by atoms with Gasteiger partial charge in [-0.1, -0.05) is 31.5 Å². The highest BCUT2D eigenvalue weighted by atomic mass is 16.2. The Morgan fingerprint density at radius 3 is 2.38 bits per heavy atom. The number of nitrogens with one attached hydrogen (secondary N) is 2. The van der Waals surface area contributed by atoms with Crippen LogP contribution in [0.15, 0.2) is 24.3 Å². The summed E-state index contributed by atoms with van der Waals surface area (Å²) in [6, 6.07) is 7.33. The van der Waals surface area contributed by atoms with Gasteiger partial charge in [-0.3, -0.25) is 14.4 Å². The van der Waals surface area contributed by atoms with Crippen molar-refractivity contribution < 1.29 is 14.4 Å². The molecule has 2 atom stereocenters. The third-order valence-electron chi connectivity index (χ3n) is 4.90. The lowest BCUT2D eigenvalue weighted by Gasteiger charge is -2.21. The fraction of sp³-hybridized carbons (Fsp3) is 0.550. The predicted octanol–water partition coefficient (Wildman–Crippen LogP) is 1.73. The largest absolute Gasteiger partial charge is 0.352 e. The zero-order chi connectivity index (χ0) is 19.3. The van der Waals surface area contributed by atoms with Crippen LogP contribution >= 0.6 is 0 Å². The molecule has 0 aromatic heterocycles. The number of amides is 3. The topological polar surface area (TPSA) is 78.5 Å². The normalized spacial score (nSPS) is 19.5. The number of carbonyl (C=O) groups excluding carboxylic acids is 3. The smallest absolute Gasteiger partial charge is 0.251 e. The molecule has 2 rings (SSSR count). The number of aryl methyl sites for hydroxylation is 1. The molecule has 0 saturated carbocycles. The van der Waals surface area contributed by atoms with Gasteiger partial charge < -0.3 is 15.5 Å². The SMILES string of the molecule is CC(=O)N[C@@H]1CN(C(=O)CCNC(=O)c2ccc(C)cc2)C[C@H]1C(C)C. The number of carbonyl (C=O) groups is 3. The maximum atomic E-state index is 12.5. The van der Waals surface area contributed by atoms with Crippen LogP contribution < -0.4 is 10.6 Å². The molecule has 142 valence electrons. The molecule has 0 aliphatic carbocycles. The zero-order valence-corrected chi connectivity index (χ0v) is 16.0. The predicted molar refractivity (Wildman–Crippen MR) is 101 cm³/mol. The Morgan fingerprint density at radius 1 is 1.15 bits per heavy atom. The van der Waals surface area contributed by atoms with Crippen LogP contribution in [0.5, 0.6) is 0 Å². The van der Waals surface area contributed by atoms with Crippen LogP contribution in [-0.4, -0.2) is 48.3 Å². The first kappa shape index (κ1) is 19.9. The third-order valence-corrected chi connectivity index (χ3v) is 4.90. The molecule has 0 radical (unpaired) electrons. The number of hydrogen-bond acceptors (Lipinski definition) is 3. The summed E-state index contributed by atoms with van der Waals surface area (Å²) in [5.74, 6) is 0.402. The van der Waals surface area contributed by atoms with Gasteiger partial charge in [0.25, 0.3) is 5.91 Å². The van der Waals surface area contributed by atoms with Gasteiger partial charge in [0, 0.05) is 44.5 Å². The van der Waals surface area contributed by atoms with E-state index in [1.165, 1.54) is 6.92 Å². The number of benzene rings is 1. The molecule has 2 N–H and O–H groups in total. The molecule has 6 nitrogen and oxygen atoms in total. The molecular weight excluding hydrogens is 330 g/mol. The third kappa shape index (κ3) is 5.31. The van der Waals surface area contributed by atoms with Crippen molar-refractivity contribution in [1.82, 2.24) is 15.5 Å². The summed E-state index contributed by atoms with van der Waals surface area (Å²) in [5.41, 5.74) is 1.69. The van der Waals surface area contributed by atoms with Crippen molar-refractivity contribution in [3.63, 3.8) is 0 Å². The molecule has 1 aliphatic heterocycles. The van der Waals surface area contributed by atoms with Gasteiger partial charge in [-0.05, 0) is 25.0 Å². The van der Waals surface area contributed by atoms with Crippen molar-refractivity contribution >= 4 is 17.7 Å². The number of nitrogens with zero attached hydrogens (tertiary/aromatic N) is 1. The van der Waals surface area contributed by atoms with Gasteiger partial charge in [0.15, 0.2) is 0 Å². The second kappa shape index (κ2) is 8.83. The van der Waals surface area contributed by atoms with E-state index in [1.54, 1.807) is 17.0 Å². The molecule has 1 aromatic carbocycles. The Kier molecular flexibility index (Phi) is 6.77. The monoisotopic (exact) mass is 359 g/mol. The van der Waals surface area contributed by atoms with E-state index in [9.17, 15) is 14.4 Å². The Morgan fingerprint density at radius 2 is 1.81 bits per heavy atom. The Balaban J connectivity index is 1.83. The van der Waals surface area contributed by atoms with Gasteiger partial charge in [0.2, 0.25) is 11.8 Å². The molecule has 1 heterocycles. The lowest BCUT2D eigenvalue weighted by atomic mass is 9.91. The molecule has 0 bridgehead atoms. The molecule has 1 fully saturated rings. The molecule has 1 aromatic rings. The van der Waals surface area contributed by atoms with Gasteiger partial charge in [0.1, 0.15) is 0 Å². The van der Waals surface area contributed by atoms with E-state index in [2.05, 4.69) is 24.5 Å². The van der Waals surface area contributed by atoms with Crippen LogP contribution in [0.1, 0.15) is 43.1 Å². The maximum absolute atomic E-state index is 12.5. The highest BCUT2D eigenvalue weighted by molar-refractivity contribution is 5.94. The van der Waals surface area contributed by atoms with Gasteiger partial charge in [0.05, 0.1) is 6.04 Å². The van der Waals surface area contributed by atoms with Crippen LogP contribution in [-0.2, 0) is 9.59 Å². The molecule has 0 spiro atoms. The van der Waals surface area contributed by atoms with E-state index in [1.807, 2.05) is 19.1 Å². The summed E-state index contributed by atoms with van der Waals surface area (Å²) in [5, 5.41) is 5.75.